The summed E-state index contributed by atoms with van der Waals surface area (Å²) in [5.74, 6) is 0. The fourth-order valence-electron chi connectivity index (χ4n) is 4.17. The third-order valence-electron chi connectivity index (χ3n) is 5.90. The van der Waals surface area contributed by atoms with Crippen molar-refractivity contribution in [2.24, 2.45) is 0 Å². The number of nitrogens with zero attached hydrogens (tertiary/aromatic N) is 6. The Balaban J connectivity index is 1.53. The van der Waals surface area contributed by atoms with Crippen LogP contribution in [0.25, 0.3) is 22.1 Å². The zero-order chi connectivity index (χ0) is 24.5. The molecule has 0 fully saturated rings. The van der Waals surface area contributed by atoms with E-state index in [2.05, 4.69) is 63.1 Å². The number of hydrogen-bond donors (Lipinski definition) is 2. The van der Waals surface area contributed by atoms with Crippen LogP contribution in [0.1, 0.15) is 12.3 Å². The molecule has 0 saturated heterocycles. The Hall–Kier alpha value is -3.76. The largest absolute Gasteiger partial charge is 0.360 e. The van der Waals surface area contributed by atoms with E-state index in [1.165, 1.54) is 0 Å². The van der Waals surface area contributed by atoms with Crippen LogP contribution in [0.5, 0.6) is 0 Å². The van der Waals surface area contributed by atoms with E-state index in [0.717, 1.165) is 42.4 Å². The molecule has 2 N–H and O–H groups in total. The highest BCUT2D eigenvalue weighted by Crippen LogP contribution is 2.32. The molecule has 10 heteroatoms. The van der Waals surface area contributed by atoms with Crippen molar-refractivity contribution in [2.75, 3.05) is 10.6 Å². The van der Waals surface area contributed by atoms with E-state index in [1.54, 1.807) is 0 Å². The molecule has 2 heterocycles. The van der Waals surface area contributed by atoms with Crippen LogP contribution in [0.3, 0.4) is 0 Å². The van der Waals surface area contributed by atoms with Crippen molar-refractivity contribution in [3.8, 4) is 0 Å². The van der Waals surface area contributed by atoms with E-state index in [1.807, 2.05) is 106 Å². The zero-order valence-electron chi connectivity index (χ0n) is 18.8. The second-order valence-corrected chi connectivity index (χ2v) is 10.1. The minimum Gasteiger partial charge on any atom is -0.360 e. The normalized spacial score (nSPS) is 13.1. The second kappa shape index (κ2) is 9.71. The number of rotatable bonds is 7. The van der Waals surface area contributed by atoms with Crippen LogP contribution in [0.15, 0.2) is 106 Å². The number of fused-ring (bicyclic) bond motifs is 2. The fraction of sp³-hybridized carbons (Fsp3) is 0.0769. The average molecular weight is 604 g/mol. The summed E-state index contributed by atoms with van der Waals surface area (Å²) in [6.45, 7) is 0. The van der Waals surface area contributed by atoms with Crippen molar-refractivity contribution in [3.63, 3.8) is 0 Å². The Labute approximate surface area is 223 Å². The van der Waals surface area contributed by atoms with Gasteiger partial charge in [0.25, 0.3) is 0 Å². The number of nitrogens with one attached hydrogen (secondary N) is 2. The zero-order valence-corrected chi connectivity index (χ0v) is 22.0. The third-order valence-corrected chi connectivity index (χ3v) is 6.96. The molecule has 2 aromatic heterocycles. The SMILES string of the molecule is Brc1ccc(N[C@H]([C@H](Nc2ccc(Br)cc2)n2nnc3ccccc32)n2nnc3ccccc32)cc1. The summed E-state index contributed by atoms with van der Waals surface area (Å²) in [7, 11) is 0. The van der Waals surface area contributed by atoms with Crippen LogP contribution in [0.4, 0.5) is 11.4 Å². The molecule has 0 spiro atoms. The number of aromatic nitrogens is 6. The molecule has 8 nitrogen and oxygen atoms in total. The van der Waals surface area contributed by atoms with Gasteiger partial charge in [-0.3, -0.25) is 0 Å². The van der Waals surface area contributed by atoms with Gasteiger partial charge in [0.15, 0.2) is 12.3 Å². The van der Waals surface area contributed by atoms with Gasteiger partial charge in [-0.15, -0.1) is 10.2 Å². The predicted molar refractivity (Wildman–Crippen MR) is 149 cm³/mol. The maximum atomic E-state index is 4.56. The fourth-order valence-corrected chi connectivity index (χ4v) is 4.70. The molecule has 0 radical (unpaired) electrons. The Kier molecular flexibility index (Phi) is 6.12. The van der Waals surface area contributed by atoms with Gasteiger partial charge in [0.05, 0.1) is 11.0 Å². The van der Waals surface area contributed by atoms with E-state index in [9.17, 15) is 0 Å². The quantitative estimate of drug-likeness (QED) is 0.213. The number of halogens is 2. The first-order valence-corrected chi connectivity index (χ1v) is 12.9. The molecule has 0 aliphatic carbocycles. The van der Waals surface area contributed by atoms with Gasteiger partial charge in [-0.05, 0) is 72.8 Å². The minimum atomic E-state index is -0.424. The molecule has 2 atom stereocenters. The van der Waals surface area contributed by atoms with Crippen LogP contribution in [-0.4, -0.2) is 30.0 Å². The summed E-state index contributed by atoms with van der Waals surface area (Å²) in [6, 6.07) is 31.9. The van der Waals surface area contributed by atoms with Gasteiger partial charge >= 0.3 is 0 Å². The van der Waals surface area contributed by atoms with Gasteiger partial charge in [-0.2, -0.15) is 0 Å². The summed E-state index contributed by atoms with van der Waals surface area (Å²) in [5.41, 5.74) is 5.28. The molecule has 0 bridgehead atoms. The lowest BCUT2D eigenvalue weighted by atomic mass is 10.2. The summed E-state index contributed by atoms with van der Waals surface area (Å²) in [6.07, 6.45) is -0.848. The first-order valence-electron chi connectivity index (χ1n) is 11.3. The Morgan fingerprint density at radius 1 is 0.528 bits per heavy atom. The predicted octanol–water partition coefficient (Wildman–Crippen LogP) is 6.62. The van der Waals surface area contributed by atoms with Gasteiger partial charge in [-0.25, -0.2) is 9.36 Å². The summed E-state index contributed by atoms with van der Waals surface area (Å²) in [5, 5.41) is 25.3. The summed E-state index contributed by atoms with van der Waals surface area (Å²) < 4.78 is 5.79. The van der Waals surface area contributed by atoms with Crippen molar-refractivity contribution >= 4 is 65.3 Å². The number of anilines is 2. The number of para-hydroxylation sites is 2. The third kappa shape index (κ3) is 4.45. The van der Waals surface area contributed by atoms with Crippen LogP contribution < -0.4 is 10.6 Å². The Bertz CT molecular complexity index is 1500. The highest BCUT2D eigenvalue weighted by molar-refractivity contribution is 9.10. The first kappa shape index (κ1) is 22.7. The highest BCUT2D eigenvalue weighted by atomic mass is 79.9. The van der Waals surface area contributed by atoms with Crippen molar-refractivity contribution in [2.45, 2.75) is 12.3 Å². The highest BCUT2D eigenvalue weighted by Gasteiger charge is 2.30. The van der Waals surface area contributed by atoms with Gasteiger partial charge in [0.1, 0.15) is 11.0 Å². The lowest BCUT2D eigenvalue weighted by Crippen LogP contribution is -2.35. The second-order valence-electron chi connectivity index (χ2n) is 8.24. The Morgan fingerprint density at radius 3 is 1.33 bits per heavy atom. The average Bonchev–Trinajstić information content (AvgIpc) is 3.53. The van der Waals surface area contributed by atoms with Crippen molar-refractivity contribution in [1.29, 1.82) is 0 Å². The van der Waals surface area contributed by atoms with Crippen molar-refractivity contribution < 1.29 is 0 Å². The molecule has 0 saturated carbocycles. The van der Waals surface area contributed by atoms with E-state index in [-0.39, 0.29) is 0 Å². The maximum Gasteiger partial charge on any atom is 0.164 e. The summed E-state index contributed by atoms with van der Waals surface area (Å²) >= 11 is 7.05. The molecule has 6 aromatic rings. The van der Waals surface area contributed by atoms with Crippen molar-refractivity contribution in [3.05, 3.63) is 106 Å². The van der Waals surface area contributed by atoms with E-state index < -0.39 is 12.3 Å². The molecule has 0 unspecified atom stereocenters. The standard InChI is InChI=1S/C26H20Br2N8/c27-17-9-13-19(14-10-17)29-25(35-23-7-3-1-5-21(23)31-33-35)26(30-20-15-11-18(28)12-16-20)36-24-8-4-2-6-22(24)32-34-36/h1-16,25-26,29-30H/t25-,26+. The van der Waals surface area contributed by atoms with Crippen LogP contribution in [0, 0.1) is 0 Å². The topological polar surface area (TPSA) is 85.5 Å². The lowest BCUT2D eigenvalue weighted by molar-refractivity contribution is 0.347. The Morgan fingerprint density at radius 2 is 0.917 bits per heavy atom. The lowest BCUT2D eigenvalue weighted by Gasteiger charge is -2.31. The van der Waals surface area contributed by atoms with Gasteiger partial charge < -0.3 is 10.6 Å². The monoisotopic (exact) mass is 602 g/mol. The molecule has 36 heavy (non-hydrogen) atoms. The van der Waals surface area contributed by atoms with Crippen LogP contribution in [-0.2, 0) is 0 Å². The molecule has 0 aliphatic rings. The van der Waals surface area contributed by atoms with Crippen LogP contribution >= 0.6 is 31.9 Å². The molecule has 4 aromatic carbocycles. The first-order chi connectivity index (χ1) is 17.7. The molecule has 178 valence electrons. The molecule has 6 rings (SSSR count). The van der Waals surface area contributed by atoms with E-state index in [0.29, 0.717) is 0 Å². The molecule has 0 amide bonds. The molecular weight excluding hydrogens is 584 g/mol. The van der Waals surface area contributed by atoms with Crippen LogP contribution in [0.2, 0.25) is 0 Å². The minimum absolute atomic E-state index is 0.424. The van der Waals surface area contributed by atoms with E-state index >= 15 is 0 Å². The molecule has 0 aliphatic heterocycles. The van der Waals surface area contributed by atoms with Gasteiger partial charge in [0, 0.05) is 20.3 Å². The maximum absolute atomic E-state index is 4.56. The van der Waals surface area contributed by atoms with Crippen molar-refractivity contribution in [1.82, 2.24) is 30.0 Å². The summed E-state index contributed by atoms with van der Waals surface area (Å²) in [4.78, 5) is 0. The molecular formula is C26H20Br2N8. The smallest absolute Gasteiger partial charge is 0.164 e. The number of hydrogen-bond acceptors (Lipinski definition) is 6. The van der Waals surface area contributed by atoms with Gasteiger partial charge in [0.2, 0.25) is 0 Å². The van der Waals surface area contributed by atoms with E-state index in [4.69, 9.17) is 0 Å². The number of benzene rings is 4. The van der Waals surface area contributed by atoms with Gasteiger partial charge in [-0.1, -0.05) is 66.6 Å².